The number of esters is 1. The van der Waals surface area contributed by atoms with Crippen molar-refractivity contribution in [2.24, 2.45) is 0 Å². The minimum absolute atomic E-state index is 0.0729. The fourth-order valence-corrected chi connectivity index (χ4v) is 2.88. The monoisotopic (exact) mass is 384 g/mol. The third kappa shape index (κ3) is 4.29. The predicted octanol–water partition coefficient (Wildman–Crippen LogP) is 1.98. The molecule has 28 heavy (non-hydrogen) atoms. The molecular formula is C20H20N2O6. The van der Waals surface area contributed by atoms with Gasteiger partial charge in [-0.15, -0.1) is 0 Å². The van der Waals surface area contributed by atoms with E-state index >= 15 is 0 Å². The van der Waals surface area contributed by atoms with Crippen molar-refractivity contribution in [3.63, 3.8) is 0 Å². The van der Waals surface area contributed by atoms with Crippen molar-refractivity contribution in [3.8, 4) is 5.75 Å². The first-order valence-electron chi connectivity index (χ1n) is 8.55. The lowest BCUT2D eigenvalue weighted by Crippen LogP contribution is -2.38. The smallest absolute Gasteiger partial charge is 0.337 e. The molecule has 8 heteroatoms. The number of fused-ring (bicyclic) bond motifs is 1. The highest BCUT2D eigenvalue weighted by atomic mass is 16.5. The molecule has 0 aliphatic carbocycles. The summed E-state index contributed by atoms with van der Waals surface area (Å²) in [4.78, 5) is 37.5. The lowest BCUT2D eigenvalue weighted by Gasteiger charge is -2.30. The number of benzene rings is 2. The molecule has 1 aliphatic rings. The van der Waals surface area contributed by atoms with Crippen molar-refractivity contribution in [2.75, 3.05) is 37.7 Å². The van der Waals surface area contributed by atoms with Crippen LogP contribution < -0.4 is 15.0 Å². The van der Waals surface area contributed by atoms with Crippen LogP contribution in [0.2, 0.25) is 0 Å². The average Bonchev–Trinajstić information content (AvgIpc) is 2.70. The zero-order valence-corrected chi connectivity index (χ0v) is 15.6. The second kappa shape index (κ2) is 8.53. The van der Waals surface area contributed by atoms with Gasteiger partial charge < -0.3 is 24.4 Å². The Bertz CT molecular complexity index is 911. The Hall–Kier alpha value is -3.39. The van der Waals surface area contributed by atoms with Crippen LogP contribution in [-0.4, -0.2) is 45.2 Å². The SMILES string of the molecule is COCC(=O)Nc1ccc2c(c1)N(Cc1cccc(C(=O)OC)c1)C(=O)CO2. The number of carbonyl (C=O) groups excluding carboxylic acids is 3. The first-order chi connectivity index (χ1) is 13.5. The minimum atomic E-state index is -0.446. The van der Waals surface area contributed by atoms with Crippen molar-refractivity contribution in [3.05, 3.63) is 53.6 Å². The van der Waals surface area contributed by atoms with Gasteiger partial charge in [-0.1, -0.05) is 12.1 Å². The summed E-state index contributed by atoms with van der Waals surface area (Å²) >= 11 is 0. The molecule has 2 aromatic rings. The summed E-state index contributed by atoms with van der Waals surface area (Å²) in [5.74, 6) is -0.439. The number of nitrogens with one attached hydrogen (secondary N) is 1. The maximum atomic E-state index is 12.5. The van der Waals surface area contributed by atoms with E-state index in [0.717, 1.165) is 5.56 Å². The number of hydrogen-bond acceptors (Lipinski definition) is 6. The van der Waals surface area contributed by atoms with Gasteiger partial charge in [-0.05, 0) is 35.9 Å². The molecule has 8 nitrogen and oxygen atoms in total. The number of methoxy groups -OCH3 is 2. The molecule has 146 valence electrons. The number of amides is 2. The molecular weight excluding hydrogens is 364 g/mol. The maximum absolute atomic E-state index is 12.5. The fourth-order valence-electron chi connectivity index (χ4n) is 2.88. The Labute approximate surface area is 162 Å². The Kier molecular flexibility index (Phi) is 5.90. The zero-order valence-electron chi connectivity index (χ0n) is 15.6. The molecule has 1 aliphatic heterocycles. The zero-order chi connectivity index (χ0) is 20.1. The molecule has 0 spiro atoms. The molecule has 0 atom stereocenters. The van der Waals surface area contributed by atoms with Crippen LogP contribution in [0.1, 0.15) is 15.9 Å². The highest BCUT2D eigenvalue weighted by molar-refractivity contribution is 5.99. The van der Waals surface area contributed by atoms with Crippen LogP contribution in [0.25, 0.3) is 0 Å². The summed E-state index contributed by atoms with van der Waals surface area (Å²) < 4.78 is 15.0. The topological polar surface area (TPSA) is 94.2 Å². The van der Waals surface area contributed by atoms with E-state index in [-0.39, 0.29) is 31.6 Å². The molecule has 3 rings (SSSR count). The third-order valence-corrected chi connectivity index (χ3v) is 4.15. The quantitative estimate of drug-likeness (QED) is 0.766. The molecule has 2 aromatic carbocycles. The normalized spacial score (nSPS) is 12.8. The average molecular weight is 384 g/mol. The summed E-state index contributed by atoms with van der Waals surface area (Å²) in [6, 6.07) is 11.9. The fraction of sp³-hybridized carbons (Fsp3) is 0.250. The Morgan fingerprint density at radius 3 is 2.75 bits per heavy atom. The third-order valence-electron chi connectivity index (χ3n) is 4.15. The van der Waals surface area contributed by atoms with Crippen molar-refractivity contribution in [1.29, 1.82) is 0 Å². The van der Waals surface area contributed by atoms with Crippen LogP contribution in [0.3, 0.4) is 0 Å². The van der Waals surface area contributed by atoms with Crippen LogP contribution in [0.5, 0.6) is 5.75 Å². The minimum Gasteiger partial charge on any atom is -0.482 e. The number of nitrogens with zero attached hydrogens (tertiary/aromatic N) is 1. The Morgan fingerprint density at radius 1 is 1.18 bits per heavy atom. The van der Waals surface area contributed by atoms with Gasteiger partial charge in [0.15, 0.2) is 6.61 Å². The molecule has 0 bridgehead atoms. The number of hydrogen-bond donors (Lipinski definition) is 1. The van der Waals surface area contributed by atoms with Crippen molar-refractivity contribution >= 4 is 29.2 Å². The van der Waals surface area contributed by atoms with E-state index < -0.39 is 5.97 Å². The van der Waals surface area contributed by atoms with Gasteiger partial charge >= 0.3 is 5.97 Å². The van der Waals surface area contributed by atoms with Crippen molar-refractivity contribution in [2.45, 2.75) is 6.54 Å². The first-order valence-corrected chi connectivity index (χ1v) is 8.55. The summed E-state index contributed by atoms with van der Waals surface area (Å²) in [6.45, 7) is 0.0884. The van der Waals surface area contributed by atoms with Crippen LogP contribution in [-0.2, 0) is 25.6 Å². The first kappa shape index (κ1) is 19.4. The molecule has 0 unspecified atom stereocenters. The van der Waals surface area contributed by atoms with Gasteiger partial charge in [0.05, 0.1) is 24.9 Å². The van der Waals surface area contributed by atoms with Crippen LogP contribution in [0.4, 0.5) is 11.4 Å². The van der Waals surface area contributed by atoms with Gasteiger partial charge in [-0.3, -0.25) is 9.59 Å². The number of anilines is 2. The molecule has 1 N–H and O–H groups in total. The molecule has 0 saturated carbocycles. The van der Waals surface area contributed by atoms with Crippen molar-refractivity contribution in [1.82, 2.24) is 0 Å². The summed E-state index contributed by atoms with van der Waals surface area (Å²) in [5.41, 5.74) is 2.22. The predicted molar refractivity (Wildman–Crippen MR) is 101 cm³/mol. The largest absolute Gasteiger partial charge is 0.482 e. The van der Waals surface area contributed by atoms with E-state index in [4.69, 9.17) is 14.2 Å². The van der Waals surface area contributed by atoms with E-state index in [9.17, 15) is 14.4 Å². The van der Waals surface area contributed by atoms with Crippen molar-refractivity contribution < 1.29 is 28.6 Å². The molecule has 2 amide bonds. The maximum Gasteiger partial charge on any atom is 0.337 e. The highest BCUT2D eigenvalue weighted by Crippen LogP contribution is 2.35. The van der Waals surface area contributed by atoms with E-state index in [1.54, 1.807) is 41.3 Å². The van der Waals surface area contributed by atoms with Gasteiger partial charge in [0.1, 0.15) is 12.4 Å². The Morgan fingerprint density at radius 2 is 2.00 bits per heavy atom. The summed E-state index contributed by atoms with van der Waals surface area (Å²) in [7, 11) is 2.75. The van der Waals surface area contributed by atoms with Gasteiger partial charge in [0.25, 0.3) is 5.91 Å². The lowest BCUT2D eigenvalue weighted by molar-refractivity contribution is -0.121. The standard InChI is InChI=1S/C20H20N2O6/c1-26-11-18(23)21-15-6-7-17-16(9-15)22(19(24)12-28-17)10-13-4-3-5-14(8-13)20(25)27-2/h3-9H,10-12H2,1-2H3,(H,21,23). The van der Waals surface area contributed by atoms with Gasteiger partial charge in [-0.2, -0.15) is 0 Å². The number of rotatable bonds is 6. The number of ether oxygens (including phenoxy) is 3. The van der Waals surface area contributed by atoms with Crippen LogP contribution in [0, 0.1) is 0 Å². The van der Waals surface area contributed by atoms with E-state index in [2.05, 4.69) is 5.32 Å². The van der Waals surface area contributed by atoms with E-state index in [1.807, 2.05) is 6.07 Å². The van der Waals surface area contributed by atoms with E-state index in [0.29, 0.717) is 22.7 Å². The molecule has 0 fully saturated rings. The highest BCUT2D eigenvalue weighted by Gasteiger charge is 2.26. The second-order valence-corrected chi connectivity index (χ2v) is 6.12. The Balaban J connectivity index is 1.87. The summed E-state index contributed by atoms with van der Waals surface area (Å²) in [5, 5.41) is 2.71. The summed E-state index contributed by atoms with van der Waals surface area (Å²) in [6.07, 6.45) is 0. The van der Waals surface area contributed by atoms with Gasteiger partial charge in [0.2, 0.25) is 5.91 Å². The molecule has 0 saturated heterocycles. The van der Waals surface area contributed by atoms with Crippen LogP contribution >= 0.6 is 0 Å². The molecule has 0 radical (unpaired) electrons. The lowest BCUT2D eigenvalue weighted by atomic mass is 10.1. The second-order valence-electron chi connectivity index (χ2n) is 6.12. The molecule has 0 aromatic heterocycles. The van der Waals surface area contributed by atoms with Gasteiger partial charge in [0, 0.05) is 12.8 Å². The van der Waals surface area contributed by atoms with Crippen LogP contribution in [0.15, 0.2) is 42.5 Å². The van der Waals surface area contributed by atoms with E-state index in [1.165, 1.54) is 14.2 Å². The molecule has 1 heterocycles. The van der Waals surface area contributed by atoms with Gasteiger partial charge in [-0.25, -0.2) is 4.79 Å². The number of carbonyl (C=O) groups is 3.